The molecule has 1 aromatic heterocycles. The predicted octanol–water partition coefficient (Wildman–Crippen LogP) is 4.29. The maximum Gasteiger partial charge on any atom is 0.138 e. The molecule has 1 N–H and O–H groups in total. The minimum Gasteiger partial charge on any atom is -0.382 e. The van der Waals surface area contributed by atoms with Crippen LogP contribution < -0.4 is 0 Å². The van der Waals surface area contributed by atoms with Crippen molar-refractivity contribution in [2.24, 2.45) is 0 Å². The molecule has 1 unspecified atom stereocenters. The molecule has 0 amide bonds. The average molecular weight is 470 g/mol. The number of nitrogens with zero attached hydrogens (tertiary/aromatic N) is 5. The Morgan fingerprint density at radius 3 is 2.27 bits per heavy atom. The van der Waals surface area contributed by atoms with Crippen molar-refractivity contribution < 1.29 is 13.9 Å². The molecule has 170 valence electrons. The van der Waals surface area contributed by atoms with Crippen LogP contribution in [0.4, 0.5) is 8.78 Å². The van der Waals surface area contributed by atoms with E-state index in [1.54, 1.807) is 0 Å². The third kappa shape index (κ3) is 5.60. The number of rotatable bonds is 8. The van der Waals surface area contributed by atoms with Crippen LogP contribution in [-0.2, 0) is 18.7 Å². The Kier molecular flexibility index (Phi) is 6.78. The van der Waals surface area contributed by atoms with Crippen molar-refractivity contribution in [2.45, 2.75) is 18.7 Å². The molecule has 3 aromatic carbocycles. The number of hydrogen-bond acceptors (Lipinski definition) is 5. The van der Waals surface area contributed by atoms with E-state index in [1.807, 2.05) is 60.5 Å². The van der Waals surface area contributed by atoms with Gasteiger partial charge in [0, 0.05) is 29.7 Å². The zero-order chi connectivity index (χ0) is 23.4. The molecule has 33 heavy (non-hydrogen) atoms. The molecule has 4 aromatic rings. The van der Waals surface area contributed by atoms with E-state index >= 15 is 0 Å². The first-order valence-electron chi connectivity index (χ1n) is 10.2. The topological polar surface area (TPSA) is 67.1 Å². The van der Waals surface area contributed by atoms with Crippen molar-refractivity contribution >= 4 is 11.6 Å². The first-order chi connectivity index (χ1) is 15.8. The average Bonchev–Trinajstić information content (AvgIpc) is 3.27. The molecular weight excluding hydrogens is 448 g/mol. The Morgan fingerprint density at radius 1 is 1.00 bits per heavy atom. The third-order valence-corrected chi connectivity index (χ3v) is 5.61. The summed E-state index contributed by atoms with van der Waals surface area (Å²) in [6.45, 7) is 0.471. The first-order valence-corrected chi connectivity index (χ1v) is 10.6. The number of aliphatic hydroxyl groups is 1. The minimum atomic E-state index is -1.69. The van der Waals surface area contributed by atoms with Gasteiger partial charge in [-0.25, -0.2) is 13.5 Å². The molecule has 1 heterocycles. The lowest BCUT2D eigenvalue weighted by molar-refractivity contribution is -0.0178. The van der Waals surface area contributed by atoms with Crippen molar-refractivity contribution in [3.05, 3.63) is 101 Å². The number of halogens is 3. The Labute approximate surface area is 195 Å². The van der Waals surface area contributed by atoms with Crippen molar-refractivity contribution in [1.82, 2.24) is 25.1 Å². The van der Waals surface area contributed by atoms with Gasteiger partial charge in [0.25, 0.3) is 0 Å². The largest absolute Gasteiger partial charge is 0.382 e. The first kappa shape index (κ1) is 23.0. The number of aromatic nitrogens is 4. The number of tetrazole rings is 1. The Morgan fingerprint density at radius 2 is 1.67 bits per heavy atom. The van der Waals surface area contributed by atoms with Crippen LogP contribution in [0.25, 0.3) is 11.1 Å². The Hall–Kier alpha value is -3.20. The van der Waals surface area contributed by atoms with Crippen molar-refractivity contribution in [1.29, 1.82) is 0 Å². The van der Waals surface area contributed by atoms with Crippen molar-refractivity contribution in [3.63, 3.8) is 0 Å². The van der Waals surface area contributed by atoms with Crippen LogP contribution in [0.5, 0.6) is 0 Å². The maximum atomic E-state index is 14.6. The minimum absolute atomic E-state index is 0.0238. The van der Waals surface area contributed by atoms with Gasteiger partial charge >= 0.3 is 0 Å². The van der Waals surface area contributed by atoms with Gasteiger partial charge in [-0.3, -0.25) is 4.90 Å². The number of benzene rings is 3. The quantitative estimate of drug-likeness (QED) is 0.417. The molecule has 6 nitrogen and oxygen atoms in total. The van der Waals surface area contributed by atoms with Crippen LogP contribution in [0.3, 0.4) is 0 Å². The molecule has 0 aliphatic heterocycles. The van der Waals surface area contributed by atoms with Gasteiger partial charge in [0.15, 0.2) is 0 Å². The van der Waals surface area contributed by atoms with Gasteiger partial charge in [0.1, 0.15) is 23.6 Å². The second-order valence-electron chi connectivity index (χ2n) is 8.04. The molecule has 0 bridgehead atoms. The van der Waals surface area contributed by atoms with E-state index in [0.29, 0.717) is 11.6 Å². The van der Waals surface area contributed by atoms with Crippen LogP contribution in [0.15, 0.2) is 73.1 Å². The smallest absolute Gasteiger partial charge is 0.138 e. The summed E-state index contributed by atoms with van der Waals surface area (Å²) in [4.78, 5) is 1.87. The van der Waals surface area contributed by atoms with E-state index in [1.165, 1.54) is 17.1 Å². The molecule has 0 aliphatic rings. The lowest BCUT2D eigenvalue weighted by Crippen LogP contribution is -2.43. The van der Waals surface area contributed by atoms with Gasteiger partial charge < -0.3 is 5.11 Å². The monoisotopic (exact) mass is 469 g/mol. The van der Waals surface area contributed by atoms with E-state index in [-0.39, 0.29) is 18.7 Å². The summed E-state index contributed by atoms with van der Waals surface area (Å²) >= 11 is 5.96. The van der Waals surface area contributed by atoms with Crippen LogP contribution >= 0.6 is 11.6 Å². The standard InChI is InChI=1S/C24H22ClF2N5O/c1-31(13-17-2-4-18(5-3-17)19-6-8-20(25)9-7-19)14-24(33,15-32-16-28-29-30-32)22-11-10-21(26)12-23(22)27/h2-12,16,33H,13-15H2,1H3. The van der Waals surface area contributed by atoms with Gasteiger partial charge in [-0.2, -0.15) is 0 Å². The van der Waals surface area contributed by atoms with Gasteiger partial charge in [-0.05, 0) is 52.4 Å². The summed E-state index contributed by atoms with van der Waals surface area (Å²) in [5, 5.41) is 23.1. The van der Waals surface area contributed by atoms with Crippen LogP contribution in [0.1, 0.15) is 11.1 Å². The van der Waals surface area contributed by atoms with Crippen LogP contribution in [-0.4, -0.2) is 43.8 Å². The van der Waals surface area contributed by atoms with Crippen LogP contribution in [0, 0.1) is 11.6 Å². The fourth-order valence-corrected chi connectivity index (χ4v) is 3.99. The fraction of sp³-hybridized carbons (Fsp3) is 0.208. The van der Waals surface area contributed by atoms with E-state index in [9.17, 15) is 13.9 Å². The lowest BCUT2D eigenvalue weighted by atomic mass is 9.92. The molecule has 0 aliphatic carbocycles. The normalized spacial score (nSPS) is 13.3. The van der Waals surface area contributed by atoms with Gasteiger partial charge in [0.05, 0.1) is 6.54 Å². The van der Waals surface area contributed by atoms with E-state index in [0.717, 1.165) is 28.8 Å². The van der Waals surface area contributed by atoms with Crippen molar-refractivity contribution in [2.75, 3.05) is 13.6 Å². The summed E-state index contributed by atoms with van der Waals surface area (Å²) in [6.07, 6.45) is 1.34. The van der Waals surface area contributed by atoms with Gasteiger partial charge in [0.2, 0.25) is 0 Å². The highest BCUT2D eigenvalue weighted by Crippen LogP contribution is 2.28. The molecule has 0 saturated carbocycles. The molecule has 9 heteroatoms. The summed E-state index contributed by atoms with van der Waals surface area (Å²) < 4.78 is 29.4. The maximum absolute atomic E-state index is 14.6. The highest BCUT2D eigenvalue weighted by Gasteiger charge is 2.35. The summed E-state index contributed by atoms with van der Waals surface area (Å²) in [5.74, 6) is -1.54. The van der Waals surface area contributed by atoms with E-state index < -0.39 is 17.2 Å². The predicted molar refractivity (Wildman–Crippen MR) is 121 cm³/mol. The van der Waals surface area contributed by atoms with Crippen molar-refractivity contribution in [3.8, 4) is 11.1 Å². The Balaban J connectivity index is 1.52. The van der Waals surface area contributed by atoms with Crippen LogP contribution in [0.2, 0.25) is 5.02 Å². The summed E-state index contributed by atoms with van der Waals surface area (Å²) in [5.41, 5.74) is 1.41. The molecule has 1 atom stereocenters. The highest BCUT2D eigenvalue weighted by molar-refractivity contribution is 6.30. The molecule has 0 spiro atoms. The molecule has 4 rings (SSSR count). The third-order valence-electron chi connectivity index (χ3n) is 5.36. The summed E-state index contributed by atoms with van der Waals surface area (Å²) in [7, 11) is 1.82. The SMILES string of the molecule is CN(Cc1ccc(-c2ccc(Cl)cc2)cc1)CC(O)(Cn1cnnn1)c1ccc(F)cc1F. The second-order valence-corrected chi connectivity index (χ2v) is 8.48. The van der Waals surface area contributed by atoms with Gasteiger partial charge in [-0.1, -0.05) is 54.1 Å². The fourth-order valence-electron chi connectivity index (χ4n) is 3.87. The van der Waals surface area contributed by atoms with E-state index in [2.05, 4.69) is 15.5 Å². The van der Waals surface area contributed by atoms with E-state index in [4.69, 9.17) is 11.6 Å². The number of likely N-dealkylation sites (N-methyl/N-ethyl adjacent to an activating group) is 1. The second kappa shape index (κ2) is 9.74. The van der Waals surface area contributed by atoms with Gasteiger partial charge in [-0.15, -0.1) is 5.10 Å². The molecular formula is C24H22ClF2N5O. The lowest BCUT2D eigenvalue weighted by Gasteiger charge is -2.33. The molecule has 0 fully saturated rings. The number of hydrogen-bond donors (Lipinski definition) is 1. The zero-order valence-electron chi connectivity index (χ0n) is 17.9. The molecule has 0 saturated heterocycles. The molecule has 0 radical (unpaired) electrons. The highest BCUT2D eigenvalue weighted by atomic mass is 35.5. The zero-order valence-corrected chi connectivity index (χ0v) is 18.6. The Bertz CT molecular complexity index is 1200. The summed E-state index contributed by atoms with van der Waals surface area (Å²) in [6, 6.07) is 18.8.